The van der Waals surface area contributed by atoms with Crippen LogP contribution in [0.5, 0.6) is 0 Å². The fourth-order valence-corrected chi connectivity index (χ4v) is 15.4. The standard InChI is InChI=1S/C120H150N6O18/c1-13-19-25-31-37-43-61-139-115(133)85(7)121-109(127)103-73-91-49-51-93-68-95(77-104(75-93)110(128)122-86(8)116(134)140-62-44-38-32-26-20-14-2)53-55-97-70-99(81-106(79-97)112(130)124-88(10)118(136)142-64-46-40-34-28-22-16-4)57-59-101-72-102(84-108(83-101)114(132)126-90(12)120(138)144-66-48-42-36-30-24-18-6)60-58-100-71-98(80-107(82-100)113(131)125-89(11)119(137)143-65-47-41-35-29-23-17-5)56-54-96-69-94(52-50-92(67-91)74-103)76-105(78-96)111(129)123-87(9)117(135)141-63-45-39-33-27-21-15-3/h67-90H,13-48,61-66H2,1-12H3,(H,121,127)(H,122,128)(H,123,129)(H,124,130)(H,125,131)(H,126,132)/t85-,86-,87-,88-,89-,90-/m0/s1. The number of amides is 6. The normalized spacial score (nSPS) is 11.9. The SMILES string of the molecule is CCCCCCCCOC(=O)[C@H](C)NC(=O)c1cc2c#cc3cc(C(=O)N[C@@H](C)C(=O)OCCCCCCCC)cc(c#cc4cc(C(=O)N[C@@H](C)C(=O)OCCCCCCCC)cc(c#cc5cc(C(=O)N[C@@H](C)C(=O)OCCCCCCCC)cc(c#cc6cc(C(=O)N[C@@H](C)C(=O)OCCCCCCCC)cc(c#cc7cc(C(=O)N[C@@H](C)C(=O)OCCCCCCCC)cc(c#cc(c1)c2)c7)c6)c5)c4)c3. The maximum absolute atomic E-state index is 14.7. The maximum atomic E-state index is 14.7. The molecule has 0 unspecified atom stereocenters. The number of fused-ring (bicyclic) bond motifs is 12. The van der Waals surface area contributed by atoms with Gasteiger partial charge in [-0.3, -0.25) is 28.8 Å². The number of ether oxygens (including phenoxy) is 6. The summed E-state index contributed by atoms with van der Waals surface area (Å²) in [5.74, 6) is -8.07. The highest BCUT2D eigenvalue weighted by atomic mass is 16.6. The Labute approximate surface area is 854 Å². The van der Waals surface area contributed by atoms with Crippen molar-refractivity contribution in [1.82, 2.24) is 31.9 Å². The molecule has 7 aromatic rings. The van der Waals surface area contributed by atoms with E-state index in [-0.39, 0.29) is 138 Å². The smallest absolute Gasteiger partial charge is 0.328 e. The van der Waals surface area contributed by atoms with Gasteiger partial charge in [0, 0.05) is 98.0 Å². The second kappa shape index (κ2) is 67.0. The van der Waals surface area contributed by atoms with Gasteiger partial charge in [0.15, 0.2) is 0 Å². The molecule has 144 heavy (non-hydrogen) atoms. The van der Waals surface area contributed by atoms with Crippen LogP contribution >= 0.6 is 0 Å². The number of esters is 6. The van der Waals surface area contributed by atoms with Crippen molar-refractivity contribution >= 4 is 136 Å². The van der Waals surface area contributed by atoms with E-state index in [9.17, 15) is 57.5 Å². The number of rotatable bonds is 60. The van der Waals surface area contributed by atoms with Gasteiger partial charge in [0.1, 0.15) is 36.3 Å². The topological polar surface area (TPSA) is 332 Å². The van der Waals surface area contributed by atoms with Gasteiger partial charge in [0.25, 0.3) is 35.4 Å². The van der Waals surface area contributed by atoms with Crippen molar-refractivity contribution in [2.24, 2.45) is 0 Å². The quantitative estimate of drug-likeness (QED) is 0.0117. The molecule has 24 heteroatoms. The molecule has 6 N–H and O–H groups in total. The summed E-state index contributed by atoms with van der Waals surface area (Å²) in [6.07, 6.45) is 34.5. The molecular weight excluding hydrogens is 1810 g/mol. The van der Waals surface area contributed by atoms with E-state index in [1.165, 1.54) is 114 Å². The average Bonchev–Trinajstić information content (AvgIpc) is 0.831. The first-order chi connectivity index (χ1) is 69.6. The number of unbranched alkanes of at least 4 members (excludes halogenated alkanes) is 30. The molecule has 0 radical (unpaired) electrons. The zero-order chi connectivity index (χ0) is 104. The Kier molecular flexibility index (Phi) is 54.5. The molecule has 768 valence electrons. The molecule has 0 fully saturated rings. The van der Waals surface area contributed by atoms with E-state index in [1.807, 2.05) is 0 Å². The van der Waals surface area contributed by atoms with Gasteiger partial charge in [0.2, 0.25) is 0 Å². The summed E-state index contributed by atoms with van der Waals surface area (Å²) in [6.45, 7) is 22.8. The highest BCUT2D eigenvalue weighted by Crippen LogP contribution is 2.22. The number of carbonyl (C=O) groups excluding carboxylic acids is 12. The minimum absolute atomic E-state index is 0.0156. The van der Waals surface area contributed by atoms with Crippen LogP contribution in [-0.2, 0) is 57.2 Å². The van der Waals surface area contributed by atoms with Crippen molar-refractivity contribution < 1.29 is 86.0 Å². The Balaban J connectivity index is 1.57. The molecule has 7 aromatic carbocycles. The lowest BCUT2D eigenvalue weighted by molar-refractivity contribution is -0.146. The van der Waals surface area contributed by atoms with E-state index in [0.717, 1.165) is 193 Å². The third-order valence-corrected chi connectivity index (χ3v) is 23.9. The molecule has 24 nitrogen and oxygen atoms in total. The van der Waals surface area contributed by atoms with E-state index in [4.69, 9.17) is 28.4 Å². The van der Waals surface area contributed by atoms with Crippen LogP contribution in [0, 0.1) is 72.8 Å². The maximum Gasteiger partial charge on any atom is 0.328 e. The summed E-state index contributed by atoms with van der Waals surface area (Å²) in [6, 6.07) is 58.9. The summed E-state index contributed by atoms with van der Waals surface area (Å²) in [4.78, 5) is 170. The van der Waals surface area contributed by atoms with Crippen LogP contribution in [0.25, 0.3) is 64.6 Å². The van der Waals surface area contributed by atoms with E-state index in [0.29, 0.717) is 38.5 Å². The van der Waals surface area contributed by atoms with Crippen molar-refractivity contribution in [3.05, 3.63) is 215 Å². The zero-order valence-electron chi connectivity index (χ0n) is 86.9. The molecule has 0 heterocycles. The first kappa shape index (κ1) is 117. The van der Waals surface area contributed by atoms with E-state index in [1.54, 1.807) is 36.4 Å². The van der Waals surface area contributed by atoms with Crippen LogP contribution in [0.3, 0.4) is 0 Å². The molecule has 0 saturated carbocycles. The highest BCUT2D eigenvalue weighted by Gasteiger charge is 2.26. The first-order valence-corrected chi connectivity index (χ1v) is 52.5. The van der Waals surface area contributed by atoms with Gasteiger partial charge in [-0.25, -0.2) is 28.8 Å². The average molecular weight is 1960 g/mol. The van der Waals surface area contributed by atoms with E-state index in [2.05, 4.69) is 146 Å². The molecule has 0 spiro atoms. The van der Waals surface area contributed by atoms with Gasteiger partial charge in [-0.1, -0.05) is 307 Å². The van der Waals surface area contributed by atoms with Crippen LogP contribution in [0.4, 0.5) is 0 Å². The van der Waals surface area contributed by atoms with Crippen molar-refractivity contribution in [1.29, 1.82) is 0 Å². The Morgan fingerprint density at radius 3 is 0.389 bits per heavy atom. The molecule has 12 bridgehead atoms. The number of nitrogens with one attached hydrogen (secondary N) is 6. The summed E-state index contributed by atoms with van der Waals surface area (Å²) in [5.41, 5.74) is 0.0938. The van der Waals surface area contributed by atoms with E-state index < -0.39 is 108 Å². The number of hydrogen-bond donors (Lipinski definition) is 6. The second-order valence-corrected chi connectivity index (χ2v) is 37.1. The molecule has 7 rings (SSSR count). The molecule has 0 aromatic heterocycles. The van der Waals surface area contributed by atoms with Gasteiger partial charge in [-0.15, -0.1) is 0 Å². The van der Waals surface area contributed by atoms with Crippen molar-refractivity contribution in [3.63, 3.8) is 0 Å². The molecular formula is C120H150N6O18. The third-order valence-electron chi connectivity index (χ3n) is 23.9. The summed E-state index contributed by atoms with van der Waals surface area (Å²) >= 11 is 0. The molecule has 0 aliphatic carbocycles. The largest absolute Gasteiger partial charge is 0.464 e. The minimum Gasteiger partial charge on any atom is -0.464 e. The Morgan fingerprint density at radius 1 is 0.174 bits per heavy atom. The van der Waals surface area contributed by atoms with Crippen LogP contribution in [0.2, 0.25) is 0 Å². The summed E-state index contributed by atoms with van der Waals surface area (Å²) < 4.78 is 33.9. The number of benzene rings is 6. The number of carbonyl (C=O) groups is 12. The van der Waals surface area contributed by atoms with Gasteiger partial charge >= 0.3 is 35.8 Å². The van der Waals surface area contributed by atoms with Gasteiger partial charge < -0.3 is 60.3 Å². The van der Waals surface area contributed by atoms with Crippen molar-refractivity contribution in [2.75, 3.05) is 39.6 Å². The van der Waals surface area contributed by atoms with Crippen molar-refractivity contribution in [3.8, 4) is 0 Å². The molecule has 0 aliphatic rings. The third kappa shape index (κ3) is 45.3. The van der Waals surface area contributed by atoms with Gasteiger partial charge in [0.05, 0.1) is 39.6 Å². The van der Waals surface area contributed by atoms with E-state index >= 15 is 0 Å². The molecule has 6 amide bonds. The minimum atomic E-state index is -1.11. The number of hydrogen-bond acceptors (Lipinski definition) is 18. The molecule has 0 saturated heterocycles. The molecule has 6 atom stereocenters. The molecule has 0 aliphatic heterocycles. The Hall–Kier alpha value is -13.7. The fourth-order valence-electron chi connectivity index (χ4n) is 15.4. The predicted molar refractivity (Wildman–Crippen MR) is 564 cm³/mol. The first-order valence-electron chi connectivity index (χ1n) is 52.5. The predicted octanol–water partition coefficient (Wildman–Crippen LogP) is 23.4. The van der Waals surface area contributed by atoms with Gasteiger partial charge in [-0.05, 0) is 189 Å². The van der Waals surface area contributed by atoms with Crippen LogP contribution in [-0.4, -0.2) is 147 Å². The highest BCUT2D eigenvalue weighted by molar-refractivity contribution is 6.04. The summed E-state index contributed by atoms with van der Waals surface area (Å²) in [5, 5.41) is 19.2. The lowest BCUT2D eigenvalue weighted by Gasteiger charge is -2.13. The Morgan fingerprint density at radius 2 is 0.278 bits per heavy atom. The van der Waals surface area contributed by atoms with Crippen LogP contribution in [0.1, 0.15) is 376 Å². The monoisotopic (exact) mass is 1960 g/mol. The Bertz CT molecular complexity index is 4640. The fraction of sp³-hybridized carbons (Fsp3) is 0.500. The van der Waals surface area contributed by atoms with Crippen molar-refractivity contribution in [2.45, 2.75) is 350 Å². The van der Waals surface area contributed by atoms with Crippen LogP contribution < -0.4 is 31.9 Å². The zero-order valence-corrected chi connectivity index (χ0v) is 86.9. The lowest BCUT2D eigenvalue weighted by atomic mass is 10.1. The lowest BCUT2D eigenvalue weighted by Crippen LogP contribution is -2.39. The summed E-state index contributed by atoms with van der Waals surface area (Å²) in [7, 11) is 0. The van der Waals surface area contributed by atoms with Crippen LogP contribution in [0.15, 0.2) is 109 Å². The van der Waals surface area contributed by atoms with Gasteiger partial charge in [-0.2, -0.15) is 0 Å². The second-order valence-electron chi connectivity index (χ2n) is 37.1.